The van der Waals surface area contributed by atoms with E-state index in [1.54, 1.807) is 4.90 Å². The monoisotopic (exact) mass is 617 g/mol. The van der Waals surface area contributed by atoms with Crippen LogP contribution in [0.25, 0.3) is 0 Å². The van der Waals surface area contributed by atoms with E-state index in [0.29, 0.717) is 38.6 Å². The molecular weight excluding hydrogens is 574 g/mol. The van der Waals surface area contributed by atoms with Gasteiger partial charge in [0.05, 0.1) is 11.7 Å². The molecule has 1 N–H and O–H groups in total. The summed E-state index contributed by atoms with van der Waals surface area (Å²) in [5.41, 5.74) is 4.22. The van der Waals surface area contributed by atoms with Crippen LogP contribution < -0.4 is 5.32 Å². The molecule has 3 amide bonds. The molecule has 234 valence electrons. The van der Waals surface area contributed by atoms with Crippen LogP contribution in [0.15, 0.2) is 48.9 Å². The Morgan fingerprint density at radius 3 is 2.61 bits per heavy atom. The number of hydrogen-bond acceptors (Lipinski definition) is 5. The van der Waals surface area contributed by atoms with Crippen molar-refractivity contribution in [2.24, 2.45) is 5.92 Å². The van der Waals surface area contributed by atoms with Gasteiger partial charge in [-0.15, -0.1) is 0 Å². The number of aromatic nitrogens is 3. The third kappa shape index (κ3) is 6.49. The van der Waals surface area contributed by atoms with Gasteiger partial charge in [0, 0.05) is 68.4 Å². The van der Waals surface area contributed by atoms with Crippen molar-refractivity contribution in [2.75, 3.05) is 32.7 Å². The van der Waals surface area contributed by atoms with Crippen LogP contribution in [0.1, 0.15) is 67.9 Å². The average molecular weight is 618 g/mol. The number of pyridine rings is 1. The molecule has 2 saturated heterocycles. The number of imidazole rings is 1. The quantitative estimate of drug-likeness (QED) is 0.452. The summed E-state index contributed by atoms with van der Waals surface area (Å²) < 4.78 is 2.17. The Balaban J connectivity index is 1.31. The lowest BCUT2D eigenvalue weighted by Crippen LogP contribution is -2.65. The minimum atomic E-state index is -0.606. The van der Waals surface area contributed by atoms with Gasteiger partial charge >= 0.3 is 6.03 Å². The Hall–Kier alpha value is -3.43. The molecule has 0 saturated carbocycles. The number of likely N-dealkylation sites (tertiary alicyclic amines) is 1. The van der Waals surface area contributed by atoms with Gasteiger partial charge < -0.3 is 19.7 Å². The molecule has 2 aromatic heterocycles. The lowest BCUT2D eigenvalue weighted by Gasteiger charge is -2.46. The number of carbonyl (C=O) groups is 2. The van der Waals surface area contributed by atoms with Crippen LogP contribution >= 0.6 is 11.6 Å². The zero-order chi connectivity index (χ0) is 31.0. The number of piperidine rings is 1. The van der Waals surface area contributed by atoms with E-state index in [9.17, 15) is 9.59 Å². The fraction of sp³-hybridized carbons (Fsp3) is 0.529. The number of amides is 3. The summed E-state index contributed by atoms with van der Waals surface area (Å²) in [6.07, 6.45) is 9.48. The number of piperazine rings is 1. The number of aryl methyl sites for hydroxylation is 3. The Bertz CT molecular complexity index is 1520. The van der Waals surface area contributed by atoms with E-state index in [1.807, 2.05) is 63.3 Å². The van der Waals surface area contributed by atoms with Gasteiger partial charge in [0.2, 0.25) is 5.91 Å². The normalized spacial score (nSPS) is 22.6. The van der Waals surface area contributed by atoms with Crippen molar-refractivity contribution in [1.29, 1.82) is 0 Å². The molecule has 0 unspecified atom stereocenters. The number of halogens is 1. The van der Waals surface area contributed by atoms with E-state index in [2.05, 4.69) is 38.0 Å². The zero-order valence-electron chi connectivity index (χ0n) is 26.3. The molecule has 3 aliphatic rings. The number of carbonyl (C=O) groups excluding carboxylic acids is 2. The molecule has 1 aromatic carbocycles. The Labute approximate surface area is 265 Å². The molecule has 10 heteroatoms. The van der Waals surface area contributed by atoms with E-state index in [1.165, 1.54) is 16.7 Å². The minimum absolute atomic E-state index is 0.0250. The lowest BCUT2D eigenvalue weighted by molar-refractivity contribution is -0.140. The van der Waals surface area contributed by atoms with Crippen molar-refractivity contribution < 1.29 is 9.59 Å². The summed E-state index contributed by atoms with van der Waals surface area (Å²) in [6.45, 7) is 11.7. The molecule has 3 aromatic rings. The van der Waals surface area contributed by atoms with Crippen LogP contribution in [-0.4, -0.2) is 85.5 Å². The number of urea groups is 1. The van der Waals surface area contributed by atoms with Crippen LogP contribution in [0.3, 0.4) is 0 Å². The molecule has 4 heterocycles. The summed E-state index contributed by atoms with van der Waals surface area (Å²) in [4.78, 5) is 43.6. The van der Waals surface area contributed by atoms with Crippen LogP contribution in [0.2, 0.25) is 5.02 Å². The van der Waals surface area contributed by atoms with Gasteiger partial charge in [0.15, 0.2) is 0 Å². The fourth-order valence-corrected chi connectivity index (χ4v) is 7.33. The van der Waals surface area contributed by atoms with Crippen molar-refractivity contribution in [3.63, 3.8) is 0 Å². The van der Waals surface area contributed by atoms with E-state index >= 15 is 0 Å². The lowest BCUT2D eigenvalue weighted by atomic mass is 9.94. The standard InChI is InChI=1S/C34H44ClN7O2/c1-23-36-14-16-39(23)20-24-7-6-15-41(21-24)32(43)29-22-40(17-18-42(29)33(44)38-34(2,3)4)31-28-12-11-27(35)19-26(28)10-9-25-8-5-13-37-30(25)31/h5,8,11-14,16,19,24,29,31H,6-7,9-10,15,17-18,20-22H2,1-4H3,(H,38,44)/t24-,29-,31+/m1/s1. The van der Waals surface area contributed by atoms with E-state index in [4.69, 9.17) is 16.6 Å². The highest BCUT2D eigenvalue weighted by atomic mass is 35.5. The third-order valence-corrected chi connectivity index (χ3v) is 9.50. The SMILES string of the molecule is Cc1nccn1C[C@H]1CCCN(C(=O)[C@H]2CN([C@H]3c4ccc(Cl)cc4CCc4cccnc43)CCN2C(=O)NC(C)(C)C)C1. The first-order valence-electron chi connectivity index (χ1n) is 15.9. The first-order valence-corrected chi connectivity index (χ1v) is 16.3. The molecule has 3 atom stereocenters. The predicted octanol–water partition coefficient (Wildman–Crippen LogP) is 4.86. The van der Waals surface area contributed by atoms with Gasteiger partial charge in [0.25, 0.3) is 0 Å². The molecule has 6 rings (SSSR count). The first kappa shape index (κ1) is 30.6. The smallest absolute Gasteiger partial charge is 0.318 e. The third-order valence-electron chi connectivity index (χ3n) is 9.26. The summed E-state index contributed by atoms with van der Waals surface area (Å²) in [6, 6.07) is 9.38. The average Bonchev–Trinajstić information content (AvgIpc) is 3.32. The van der Waals surface area contributed by atoms with Gasteiger partial charge in [-0.1, -0.05) is 23.7 Å². The number of nitrogens with zero attached hydrogens (tertiary/aromatic N) is 6. The Morgan fingerprint density at radius 2 is 1.84 bits per heavy atom. The van der Waals surface area contributed by atoms with Gasteiger partial charge in [-0.3, -0.25) is 14.7 Å². The maximum atomic E-state index is 14.5. The van der Waals surface area contributed by atoms with Crippen molar-refractivity contribution in [3.8, 4) is 0 Å². The maximum Gasteiger partial charge on any atom is 0.318 e. The number of benzene rings is 1. The van der Waals surface area contributed by atoms with Gasteiger partial charge in [-0.2, -0.15) is 0 Å². The summed E-state index contributed by atoms with van der Waals surface area (Å²) >= 11 is 6.46. The number of hydrogen-bond donors (Lipinski definition) is 1. The summed E-state index contributed by atoms with van der Waals surface area (Å²) in [5.74, 6) is 1.35. The number of rotatable bonds is 4. The molecule has 0 bridgehead atoms. The number of fused-ring (bicyclic) bond motifs is 2. The highest BCUT2D eigenvalue weighted by Gasteiger charge is 2.43. The van der Waals surface area contributed by atoms with Gasteiger partial charge in [0.1, 0.15) is 11.9 Å². The molecule has 9 nitrogen and oxygen atoms in total. The van der Waals surface area contributed by atoms with Crippen molar-refractivity contribution in [3.05, 3.63) is 82.2 Å². The zero-order valence-corrected chi connectivity index (χ0v) is 27.1. The number of nitrogens with one attached hydrogen (secondary N) is 1. The van der Waals surface area contributed by atoms with E-state index in [-0.39, 0.29) is 18.0 Å². The summed E-state index contributed by atoms with van der Waals surface area (Å²) in [5, 5.41) is 3.85. The second-order valence-corrected chi connectivity index (χ2v) is 14.0. The van der Waals surface area contributed by atoms with Crippen molar-refractivity contribution >= 4 is 23.5 Å². The van der Waals surface area contributed by atoms with Gasteiger partial charge in [-0.05, 0) is 94.2 Å². The second-order valence-electron chi connectivity index (χ2n) is 13.6. The van der Waals surface area contributed by atoms with Crippen LogP contribution in [-0.2, 0) is 24.2 Å². The summed E-state index contributed by atoms with van der Waals surface area (Å²) in [7, 11) is 0. The van der Waals surface area contributed by atoms with Crippen molar-refractivity contribution in [1.82, 2.24) is 34.6 Å². The molecule has 0 spiro atoms. The van der Waals surface area contributed by atoms with E-state index in [0.717, 1.165) is 48.8 Å². The maximum absolute atomic E-state index is 14.5. The van der Waals surface area contributed by atoms with Crippen LogP contribution in [0, 0.1) is 12.8 Å². The van der Waals surface area contributed by atoms with Crippen molar-refractivity contribution in [2.45, 2.75) is 77.5 Å². The highest BCUT2D eigenvalue weighted by molar-refractivity contribution is 6.30. The Morgan fingerprint density at radius 1 is 1.02 bits per heavy atom. The molecule has 2 aliphatic heterocycles. The molecule has 2 fully saturated rings. The largest absolute Gasteiger partial charge is 0.341 e. The molecular formula is C34H44ClN7O2. The van der Waals surface area contributed by atoms with Gasteiger partial charge in [-0.25, -0.2) is 9.78 Å². The first-order chi connectivity index (χ1) is 21.1. The second kappa shape index (κ2) is 12.5. The van der Waals surface area contributed by atoms with Crippen LogP contribution in [0.5, 0.6) is 0 Å². The topological polar surface area (TPSA) is 86.6 Å². The van der Waals surface area contributed by atoms with Crippen LogP contribution in [0.4, 0.5) is 4.79 Å². The van der Waals surface area contributed by atoms with E-state index < -0.39 is 11.6 Å². The Kier molecular flexibility index (Phi) is 8.70. The molecule has 44 heavy (non-hydrogen) atoms. The minimum Gasteiger partial charge on any atom is -0.341 e. The highest BCUT2D eigenvalue weighted by Crippen LogP contribution is 2.38. The fourth-order valence-electron chi connectivity index (χ4n) is 7.14. The molecule has 1 aliphatic carbocycles. The predicted molar refractivity (Wildman–Crippen MR) is 172 cm³/mol. The molecule has 0 radical (unpaired) electrons.